The molecular weight excluding hydrogens is 581 g/mol. The maximum Gasteiger partial charge on any atom is 0.0218 e. The largest absolute Gasteiger partial charge is 0.0625 e. The van der Waals surface area contributed by atoms with Crippen molar-refractivity contribution in [2.24, 2.45) is 11.8 Å². The minimum absolute atomic E-state index is 0.331. The predicted octanol–water partition coefficient (Wildman–Crippen LogP) is 13.0. The molecule has 4 aromatic carbocycles. The molecule has 1 heteroatoms. The summed E-state index contributed by atoms with van der Waals surface area (Å²) >= 11 is 0. The van der Waals surface area contributed by atoms with Gasteiger partial charge in [0.2, 0.25) is 0 Å². The van der Waals surface area contributed by atoms with Crippen molar-refractivity contribution >= 4 is 21.7 Å². The Morgan fingerprint density at radius 1 is 0.468 bits per heavy atom. The molecule has 0 amide bonds. The van der Waals surface area contributed by atoms with Gasteiger partial charge in [-0.15, -0.1) is 0 Å². The number of benzene rings is 4. The van der Waals surface area contributed by atoms with Crippen LogP contribution in [0.3, 0.4) is 0 Å². The van der Waals surface area contributed by atoms with Gasteiger partial charge in [-0.25, -0.2) is 0 Å². The summed E-state index contributed by atoms with van der Waals surface area (Å²) in [5, 5.41) is 0. The summed E-state index contributed by atoms with van der Waals surface area (Å²) in [5.74, 6) is 3.50. The minimum atomic E-state index is -0.331. The second kappa shape index (κ2) is 14.4. The summed E-state index contributed by atoms with van der Waals surface area (Å²) < 4.78 is 0. The van der Waals surface area contributed by atoms with E-state index in [-0.39, 0.29) is 9.52 Å². The topological polar surface area (TPSA) is 0 Å². The monoisotopic (exact) mass is 636 g/mol. The van der Waals surface area contributed by atoms with Gasteiger partial charge < -0.3 is 0 Å². The van der Waals surface area contributed by atoms with Crippen molar-refractivity contribution in [1.82, 2.24) is 0 Å². The van der Waals surface area contributed by atoms with Crippen LogP contribution in [0.25, 0.3) is 34.4 Å². The first-order valence-corrected chi connectivity index (χ1v) is 20.5. The van der Waals surface area contributed by atoms with E-state index >= 15 is 0 Å². The van der Waals surface area contributed by atoms with Gasteiger partial charge in [-0.2, -0.15) is 0 Å². The summed E-state index contributed by atoms with van der Waals surface area (Å²) in [6.07, 6.45) is 7.60. The van der Waals surface area contributed by atoms with Crippen LogP contribution in [0.15, 0.2) is 96.1 Å². The van der Waals surface area contributed by atoms with E-state index in [2.05, 4.69) is 152 Å². The first kappa shape index (κ1) is 33.5. The van der Waals surface area contributed by atoms with E-state index < -0.39 is 0 Å². The molecule has 0 aliphatic heterocycles. The molecular formula is C46H56Si. The third kappa shape index (κ3) is 6.93. The lowest BCUT2D eigenvalue weighted by atomic mass is 9.87. The molecule has 0 heterocycles. The fourth-order valence-corrected chi connectivity index (χ4v) is 11.0. The average Bonchev–Trinajstić information content (AvgIpc) is 3.57. The van der Waals surface area contributed by atoms with E-state index in [1.54, 1.807) is 22.3 Å². The normalized spacial score (nSPS) is 17.4. The van der Waals surface area contributed by atoms with Crippen LogP contribution >= 0.6 is 0 Å². The first-order valence-electron chi connectivity index (χ1n) is 18.5. The summed E-state index contributed by atoms with van der Waals surface area (Å²) in [6.45, 7) is 18.9. The maximum atomic E-state index is 2.61. The third-order valence-corrected chi connectivity index (χ3v) is 12.6. The average molecular weight is 637 g/mol. The Balaban J connectivity index is 1.30. The van der Waals surface area contributed by atoms with Crippen LogP contribution in [-0.4, -0.2) is 9.52 Å². The van der Waals surface area contributed by atoms with E-state index in [0.717, 1.165) is 0 Å². The molecule has 6 rings (SSSR count). The molecule has 2 aliphatic rings. The quantitative estimate of drug-likeness (QED) is 0.136. The van der Waals surface area contributed by atoms with Crippen LogP contribution in [-0.2, 0) is 0 Å². The highest BCUT2D eigenvalue weighted by Crippen LogP contribution is 2.49. The summed E-state index contributed by atoms with van der Waals surface area (Å²) in [7, 11) is -0.331. The molecule has 2 atom stereocenters. The highest BCUT2D eigenvalue weighted by atomic mass is 28.2. The fraction of sp³-hybridized carbons (Fsp3) is 0.391. The smallest absolute Gasteiger partial charge is 0.0218 e. The molecule has 2 aliphatic carbocycles. The SMILES string of the molecule is CC(C)CC1=Cc2c(-c3ccccc3C(C)C)cccc2C1C[SiH2]CC1C(CC(C)C)=Cc2c(-c3ccccc3C(C)C)cccc21. The predicted molar refractivity (Wildman–Crippen MR) is 210 cm³/mol. The van der Waals surface area contributed by atoms with E-state index in [1.807, 2.05) is 0 Å². The minimum Gasteiger partial charge on any atom is -0.0625 e. The van der Waals surface area contributed by atoms with Crippen LogP contribution in [0.5, 0.6) is 0 Å². The third-order valence-electron chi connectivity index (χ3n) is 10.6. The van der Waals surface area contributed by atoms with E-state index in [4.69, 9.17) is 0 Å². The van der Waals surface area contributed by atoms with Gasteiger partial charge in [0, 0.05) is 21.4 Å². The van der Waals surface area contributed by atoms with Crippen molar-refractivity contribution in [2.75, 3.05) is 0 Å². The van der Waals surface area contributed by atoms with Crippen LogP contribution in [0.4, 0.5) is 0 Å². The molecule has 0 saturated heterocycles. The van der Waals surface area contributed by atoms with Crippen molar-refractivity contribution < 1.29 is 0 Å². The summed E-state index contributed by atoms with van der Waals surface area (Å²) in [5.41, 5.74) is 18.1. The fourth-order valence-electron chi connectivity index (χ4n) is 8.58. The lowest BCUT2D eigenvalue weighted by Gasteiger charge is -2.22. The van der Waals surface area contributed by atoms with Gasteiger partial charge in [0.05, 0.1) is 0 Å². The van der Waals surface area contributed by atoms with Crippen molar-refractivity contribution in [1.29, 1.82) is 0 Å². The second-order valence-electron chi connectivity index (χ2n) is 15.8. The molecule has 0 radical (unpaired) electrons. The molecule has 47 heavy (non-hydrogen) atoms. The Hall–Kier alpha value is -3.42. The zero-order valence-electron chi connectivity index (χ0n) is 30.2. The maximum absolute atomic E-state index is 2.61. The van der Waals surface area contributed by atoms with Crippen LogP contribution < -0.4 is 0 Å². The summed E-state index contributed by atoms with van der Waals surface area (Å²) in [6, 6.07) is 35.2. The molecule has 244 valence electrons. The van der Waals surface area contributed by atoms with Crippen molar-refractivity contribution in [2.45, 2.75) is 104 Å². The highest BCUT2D eigenvalue weighted by Gasteiger charge is 2.31. The molecule has 0 nitrogen and oxygen atoms in total. The van der Waals surface area contributed by atoms with Crippen molar-refractivity contribution in [3.8, 4) is 22.3 Å². The molecule has 0 saturated carbocycles. The van der Waals surface area contributed by atoms with Gasteiger partial charge in [0.15, 0.2) is 0 Å². The number of rotatable bonds is 12. The van der Waals surface area contributed by atoms with Gasteiger partial charge in [0.25, 0.3) is 0 Å². The Bertz CT molecular complexity index is 1650. The van der Waals surface area contributed by atoms with Crippen molar-refractivity contribution in [3.05, 3.63) is 129 Å². The van der Waals surface area contributed by atoms with Crippen molar-refractivity contribution in [3.63, 3.8) is 0 Å². The Morgan fingerprint density at radius 2 is 0.851 bits per heavy atom. The molecule has 4 aromatic rings. The Morgan fingerprint density at radius 3 is 1.23 bits per heavy atom. The van der Waals surface area contributed by atoms with E-state index in [1.165, 1.54) is 69.4 Å². The molecule has 0 aromatic heterocycles. The number of fused-ring (bicyclic) bond motifs is 2. The van der Waals surface area contributed by atoms with Gasteiger partial charge in [-0.05, 0) is 92.1 Å². The van der Waals surface area contributed by atoms with Gasteiger partial charge in [0.1, 0.15) is 0 Å². The molecule has 0 spiro atoms. The lowest BCUT2D eigenvalue weighted by molar-refractivity contribution is 0.616. The second-order valence-corrected chi connectivity index (χ2v) is 17.6. The van der Waals surface area contributed by atoms with Gasteiger partial charge >= 0.3 is 0 Å². The lowest BCUT2D eigenvalue weighted by Crippen LogP contribution is -2.10. The molecule has 0 fully saturated rings. The number of hydrogen-bond acceptors (Lipinski definition) is 0. The zero-order chi connectivity index (χ0) is 33.2. The van der Waals surface area contributed by atoms with Crippen LogP contribution in [0.2, 0.25) is 12.1 Å². The molecule has 2 unspecified atom stereocenters. The standard InChI is InChI=1S/C46H56Si/c1-29(2)23-33-25-43-39(37-17-11-9-15-35(37)31(5)6)19-13-21-41(43)45(33)27-47-28-46-34(24-30(3)4)26-44-40(20-14-22-42(44)46)38-18-12-10-16-36(38)32(7)8/h9-22,25-26,29-32,45-46H,23-24,27-28,47H2,1-8H3. The molecule has 0 bridgehead atoms. The van der Waals surface area contributed by atoms with Gasteiger partial charge in [-0.1, -0.05) is 176 Å². The molecule has 0 N–H and O–H groups in total. The summed E-state index contributed by atoms with van der Waals surface area (Å²) in [4.78, 5) is 0. The van der Waals surface area contributed by atoms with E-state index in [0.29, 0.717) is 35.5 Å². The van der Waals surface area contributed by atoms with E-state index in [9.17, 15) is 0 Å². The first-order chi connectivity index (χ1) is 22.6. The van der Waals surface area contributed by atoms with Crippen LogP contribution in [0, 0.1) is 11.8 Å². The zero-order valence-corrected chi connectivity index (χ0v) is 31.7. The number of hydrogen-bond donors (Lipinski definition) is 0. The van der Waals surface area contributed by atoms with Gasteiger partial charge in [-0.3, -0.25) is 0 Å². The van der Waals surface area contributed by atoms with Crippen LogP contribution in [0.1, 0.15) is 125 Å². The Kier molecular flexibility index (Phi) is 10.2. The number of allylic oxidation sites excluding steroid dienone is 2. The Labute approximate surface area is 288 Å². The highest BCUT2D eigenvalue weighted by molar-refractivity contribution is 6.36.